The Bertz CT molecular complexity index is 1170. The number of thioether (sulfide) groups is 2. The minimum Gasteiger partial charge on any atom is -0.477 e. The van der Waals surface area contributed by atoms with Gasteiger partial charge in [0.2, 0.25) is 0 Å². The van der Waals surface area contributed by atoms with Crippen LogP contribution >= 0.6 is 39.5 Å². The molecule has 5 rings (SSSR count). The second-order valence-corrected chi connectivity index (χ2v) is 11.3. The van der Waals surface area contributed by atoms with Gasteiger partial charge in [-0.05, 0) is 55.7 Å². The minimum atomic E-state index is 0.548. The smallest absolute Gasteiger partial charge is 0.161 e. The molecular formula is C25H28BBrN2O2S2. The number of fused-ring (bicyclic) bond motifs is 1. The number of hydrogen-bond donors (Lipinski definition) is 0. The summed E-state index contributed by atoms with van der Waals surface area (Å²) in [5, 5.41) is 0. The molecule has 0 amide bonds. The molecule has 2 heterocycles. The Morgan fingerprint density at radius 2 is 1.76 bits per heavy atom. The van der Waals surface area contributed by atoms with E-state index in [2.05, 4.69) is 77.3 Å². The quantitative estimate of drug-likeness (QED) is 0.351. The lowest BCUT2D eigenvalue weighted by Gasteiger charge is -2.38. The Morgan fingerprint density at radius 1 is 0.970 bits per heavy atom. The molecule has 2 aromatic carbocycles. The number of benzene rings is 2. The zero-order valence-corrected chi connectivity index (χ0v) is 22.8. The zero-order chi connectivity index (χ0) is 23.1. The number of allylic oxidation sites excluding steroid dienone is 2. The van der Waals surface area contributed by atoms with E-state index in [1.807, 2.05) is 17.8 Å². The van der Waals surface area contributed by atoms with E-state index in [-0.39, 0.29) is 0 Å². The van der Waals surface area contributed by atoms with E-state index in [0.717, 1.165) is 36.2 Å². The fourth-order valence-corrected chi connectivity index (χ4v) is 7.01. The highest BCUT2D eigenvalue weighted by molar-refractivity contribution is 9.10. The topological polar surface area (TPSA) is 24.9 Å². The van der Waals surface area contributed by atoms with Gasteiger partial charge >= 0.3 is 0 Å². The molecular weight excluding hydrogens is 515 g/mol. The van der Waals surface area contributed by atoms with Crippen LogP contribution in [0.25, 0.3) is 0 Å². The third kappa shape index (κ3) is 4.42. The van der Waals surface area contributed by atoms with Crippen molar-refractivity contribution in [3.63, 3.8) is 0 Å². The molecule has 0 saturated heterocycles. The number of hydrogen-bond acceptors (Lipinski definition) is 6. The molecule has 2 aliphatic heterocycles. The minimum absolute atomic E-state index is 0.548. The molecule has 0 radical (unpaired) electrons. The first-order valence-corrected chi connectivity index (χ1v) is 14.4. The maximum absolute atomic E-state index is 6.26. The monoisotopic (exact) mass is 542 g/mol. The lowest BCUT2D eigenvalue weighted by molar-refractivity contribution is 0.184. The van der Waals surface area contributed by atoms with Crippen LogP contribution in [-0.4, -0.2) is 40.4 Å². The van der Waals surface area contributed by atoms with E-state index >= 15 is 0 Å². The molecule has 0 atom stereocenters. The molecule has 0 spiro atoms. The third-order valence-electron chi connectivity index (χ3n) is 6.48. The number of aryl methyl sites for hydroxylation is 1. The first-order valence-electron chi connectivity index (χ1n) is 11.2. The van der Waals surface area contributed by atoms with Gasteiger partial charge in [0.25, 0.3) is 0 Å². The summed E-state index contributed by atoms with van der Waals surface area (Å²) >= 11 is 7.24. The second-order valence-electron chi connectivity index (χ2n) is 8.76. The van der Waals surface area contributed by atoms with Gasteiger partial charge in [-0.2, -0.15) is 0 Å². The van der Waals surface area contributed by atoms with Crippen LogP contribution in [-0.2, 0) is 11.3 Å². The van der Waals surface area contributed by atoms with E-state index in [9.17, 15) is 0 Å². The van der Waals surface area contributed by atoms with Crippen molar-refractivity contribution in [2.75, 3.05) is 42.3 Å². The zero-order valence-electron chi connectivity index (χ0n) is 19.5. The van der Waals surface area contributed by atoms with Gasteiger partial charge in [0, 0.05) is 40.0 Å². The summed E-state index contributed by atoms with van der Waals surface area (Å²) in [5.41, 5.74) is 7.80. The van der Waals surface area contributed by atoms with Crippen LogP contribution in [0.5, 0.6) is 5.75 Å². The molecule has 0 N–H and O–H groups in total. The van der Waals surface area contributed by atoms with E-state index in [4.69, 9.17) is 9.47 Å². The first-order chi connectivity index (χ1) is 16.0. The highest BCUT2D eigenvalue weighted by Gasteiger charge is 2.29. The molecule has 4 nitrogen and oxygen atoms in total. The number of ether oxygens (including phenoxy) is 2. The number of halogens is 1. The van der Waals surface area contributed by atoms with Gasteiger partial charge in [-0.15, -0.1) is 29.0 Å². The molecule has 0 unspecified atom stereocenters. The van der Waals surface area contributed by atoms with Crippen molar-refractivity contribution in [2.24, 2.45) is 0 Å². The van der Waals surface area contributed by atoms with Gasteiger partial charge < -0.3 is 19.3 Å². The molecule has 3 aliphatic rings. The summed E-state index contributed by atoms with van der Waals surface area (Å²) in [7, 11) is 2.22. The van der Waals surface area contributed by atoms with Crippen molar-refractivity contribution in [1.29, 1.82) is 0 Å². The van der Waals surface area contributed by atoms with Crippen molar-refractivity contribution in [1.82, 2.24) is 0 Å². The van der Waals surface area contributed by atoms with Gasteiger partial charge in [0.1, 0.15) is 19.4 Å². The molecule has 1 aliphatic carbocycles. The molecule has 33 heavy (non-hydrogen) atoms. The van der Waals surface area contributed by atoms with Crippen molar-refractivity contribution >= 4 is 58.7 Å². The van der Waals surface area contributed by atoms with Crippen LogP contribution in [0.15, 0.2) is 61.4 Å². The summed E-state index contributed by atoms with van der Waals surface area (Å²) in [5.74, 6) is 2.15. The first kappa shape index (κ1) is 23.1. The molecule has 0 fully saturated rings. The number of nitrogens with zero attached hydrogens (tertiary/aromatic N) is 2. The van der Waals surface area contributed by atoms with E-state index in [1.165, 1.54) is 49.1 Å². The van der Waals surface area contributed by atoms with Crippen molar-refractivity contribution in [2.45, 2.75) is 36.1 Å². The predicted molar refractivity (Wildman–Crippen MR) is 147 cm³/mol. The van der Waals surface area contributed by atoms with Crippen molar-refractivity contribution in [3.05, 3.63) is 62.7 Å². The van der Waals surface area contributed by atoms with E-state index in [0.29, 0.717) is 13.5 Å². The predicted octanol–water partition coefficient (Wildman–Crippen LogP) is 5.92. The Morgan fingerprint density at radius 3 is 2.55 bits per heavy atom. The molecule has 0 aromatic heterocycles. The maximum atomic E-state index is 6.26. The van der Waals surface area contributed by atoms with Crippen molar-refractivity contribution < 1.29 is 9.47 Å². The molecule has 0 bridgehead atoms. The number of anilines is 2. The van der Waals surface area contributed by atoms with E-state index < -0.39 is 0 Å². The Labute approximate surface area is 214 Å². The van der Waals surface area contributed by atoms with Crippen molar-refractivity contribution in [3.8, 4) is 5.75 Å². The maximum Gasteiger partial charge on any atom is 0.161 e. The van der Waals surface area contributed by atoms with Gasteiger partial charge in [-0.1, -0.05) is 22.0 Å². The third-order valence-corrected chi connectivity index (χ3v) is 8.52. The molecule has 8 heteroatoms. The Hall–Kier alpha value is -1.64. The van der Waals surface area contributed by atoms with Crippen LogP contribution in [0.3, 0.4) is 0 Å². The normalized spacial score (nSPS) is 17.8. The fourth-order valence-electron chi connectivity index (χ4n) is 4.90. The van der Waals surface area contributed by atoms with Crippen LogP contribution in [0, 0.1) is 6.92 Å². The van der Waals surface area contributed by atoms with Crippen LogP contribution in [0.2, 0.25) is 0 Å². The number of rotatable bonds is 4. The average Bonchev–Trinajstić information content (AvgIpc) is 2.82. The van der Waals surface area contributed by atoms with Crippen LogP contribution < -0.4 is 14.5 Å². The van der Waals surface area contributed by atoms with Gasteiger partial charge in [0.15, 0.2) is 13.5 Å². The van der Waals surface area contributed by atoms with Gasteiger partial charge in [-0.25, -0.2) is 0 Å². The molecule has 2 aromatic rings. The highest BCUT2D eigenvalue weighted by Crippen LogP contribution is 2.48. The van der Waals surface area contributed by atoms with Crippen LogP contribution in [0.4, 0.5) is 11.4 Å². The van der Waals surface area contributed by atoms with Gasteiger partial charge in [0.05, 0.1) is 16.3 Å². The highest BCUT2D eigenvalue weighted by atomic mass is 79.9. The summed E-state index contributed by atoms with van der Waals surface area (Å²) in [6.45, 7) is 5.09. The Balaban J connectivity index is 1.56. The summed E-state index contributed by atoms with van der Waals surface area (Å²) in [4.78, 5) is 7.35. The van der Waals surface area contributed by atoms with Gasteiger partial charge in [-0.3, -0.25) is 0 Å². The Kier molecular flexibility index (Phi) is 6.69. The largest absolute Gasteiger partial charge is 0.477 e. The summed E-state index contributed by atoms with van der Waals surface area (Å²) in [6, 6.07) is 8.59. The molecule has 0 saturated carbocycles. The lowest BCUT2D eigenvalue weighted by Crippen LogP contribution is -2.36. The second kappa shape index (κ2) is 9.55. The summed E-state index contributed by atoms with van der Waals surface area (Å²) < 4.78 is 13.5. The van der Waals surface area contributed by atoms with E-state index in [1.54, 1.807) is 11.8 Å². The summed E-state index contributed by atoms with van der Waals surface area (Å²) in [6.07, 6.45) is 8.79. The fraction of sp³-hybridized carbons (Fsp3) is 0.360. The standard InChI is InChI=1S/C25H28BBrN2O2S2/c1-15-8-22(32-2)24(29-12-17-10-19(27)5-7-21(17)31-14-29)25(33-3)23(15)28-11-16-9-18(26)4-6-20(16)30-13-28/h5,7-10H,4,6,11-14,26H2,1-3H3. The van der Waals surface area contributed by atoms with Crippen LogP contribution in [0.1, 0.15) is 24.0 Å². The average molecular weight is 543 g/mol. The SMILES string of the molecule is BC1=CC2=C(CC1)OCN(c1c(C)cc(SC)c(N3COc4ccc(Br)cc4C3)c1SC)C2. The lowest BCUT2D eigenvalue weighted by atomic mass is 9.84. The molecule has 172 valence electrons.